The molecule has 0 aliphatic heterocycles. The van der Waals surface area contributed by atoms with Gasteiger partial charge in [0.05, 0.1) is 0 Å². The first-order chi connectivity index (χ1) is 21.6. The van der Waals surface area contributed by atoms with Gasteiger partial charge in [0, 0.05) is 0 Å². The van der Waals surface area contributed by atoms with E-state index in [4.69, 9.17) is 22.6 Å². The molecule has 1 fully saturated rings. The third kappa shape index (κ3) is 11.4. The van der Waals surface area contributed by atoms with Gasteiger partial charge in [0.15, 0.2) is 0 Å². The van der Waals surface area contributed by atoms with Crippen LogP contribution in [0.2, 0.25) is 29.1 Å². The number of rotatable bonds is 26. The Hall–Kier alpha value is -0.238. The van der Waals surface area contributed by atoms with Crippen molar-refractivity contribution < 1.29 is 19.1 Å². The van der Waals surface area contributed by atoms with Crippen molar-refractivity contribution in [1.29, 1.82) is 0 Å². The molecule has 1 aliphatic rings. The fourth-order valence-corrected chi connectivity index (χ4v) is 37.6. The van der Waals surface area contributed by atoms with E-state index < -0.39 is 37.1 Å². The van der Waals surface area contributed by atoms with Crippen LogP contribution in [0.5, 0.6) is 0 Å². The van der Waals surface area contributed by atoms with Crippen LogP contribution in [-0.4, -0.2) is 56.8 Å². The van der Waals surface area contributed by atoms with E-state index in [1.54, 1.807) is 0 Å². The number of hydrogen-bond acceptors (Lipinski definition) is 4. The zero-order chi connectivity index (χ0) is 33.9. The van der Waals surface area contributed by atoms with Crippen LogP contribution in [-0.2, 0) is 19.1 Å². The van der Waals surface area contributed by atoms with Crippen molar-refractivity contribution in [2.75, 3.05) is 13.2 Å². The predicted octanol–water partition coefficient (Wildman–Crippen LogP) is 12.0. The second-order valence-corrected chi connectivity index (χ2v) is 37.7. The van der Waals surface area contributed by atoms with Gasteiger partial charge in [-0.15, -0.1) is 0 Å². The van der Waals surface area contributed by atoms with Crippen LogP contribution in [0.4, 0.5) is 0 Å². The van der Waals surface area contributed by atoms with E-state index in [2.05, 4.69) is 41.5 Å². The van der Waals surface area contributed by atoms with Crippen molar-refractivity contribution in [1.82, 2.24) is 0 Å². The Bertz CT molecular complexity index is 784. The van der Waals surface area contributed by atoms with Gasteiger partial charge in [-0.1, -0.05) is 0 Å². The van der Waals surface area contributed by atoms with Crippen LogP contribution in [0.3, 0.4) is 0 Å². The van der Waals surface area contributed by atoms with Gasteiger partial charge in [-0.3, -0.25) is 0 Å². The normalized spacial score (nSPS) is 18.1. The third-order valence-corrected chi connectivity index (χ3v) is 39.3. The minimum absolute atomic E-state index is 0.137. The van der Waals surface area contributed by atoms with E-state index >= 15 is 0 Å². The van der Waals surface area contributed by atoms with Crippen molar-refractivity contribution in [3.63, 3.8) is 0 Å². The molecule has 4 nitrogen and oxygen atoms in total. The van der Waals surface area contributed by atoms with Crippen LogP contribution >= 0.6 is 0 Å². The Balaban J connectivity index is 3.99. The van der Waals surface area contributed by atoms with Crippen molar-refractivity contribution in [3.8, 4) is 0 Å². The molecule has 1 saturated carbocycles. The average Bonchev–Trinajstić information content (AvgIpc) is 3.46. The number of ether oxygens (including phenoxy) is 2. The summed E-state index contributed by atoms with van der Waals surface area (Å²) in [6.45, 7) is 28.4. The maximum absolute atomic E-state index is 14.0. The summed E-state index contributed by atoms with van der Waals surface area (Å²) in [5.41, 5.74) is -1.25. The molecule has 0 N–H and O–H groups in total. The molecule has 0 unspecified atom stereocenters. The summed E-state index contributed by atoms with van der Waals surface area (Å²) >= 11 is -5.56. The summed E-state index contributed by atoms with van der Waals surface area (Å²) in [6, 6.07) is 0. The van der Waals surface area contributed by atoms with Gasteiger partial charge < -0.3 is 0 Å². The quantitative estimate of drug-likeness (QED) is 0.0497. The molecule has 6 heteroatoms. The summed E-state index contributed by atoms with van der Waals surface area (Å²) in [5.74, 6) is -0.469. The summed E-state index contributed by atoms with van der Waals surface area (Å²) in [5, 5.41) is 3.98. The standard InChI is InChI=1S/C27H47GeO4.3C4H9.Sn/c1-8-14-17-28(18-15-9-2,19-16-10-3)22(7)24-21-27(20-23(24)11-4,25(29)31-12-5)26(30)32-13-6;3*1-3-4-2;/h23-24H,4,7-10,12-21H2,1-3,5-6H3;3*1,3-4H2,2H3;/t23-,24+;;;;/m0..../s1. The molecule has 0 aromatic carbocycles. The van der Waals surface area contributed by atoms with E-state index in [9.17, 15) is 9.59 Å². The Labute approximate surface area is 286 Å². The van der Waals surface area contributed by atoms with E-state index in [0.717, 1.165) is 0 Å². The Morgan fingerprint density at radius 2 is 0.978 bits per heavy atom. The molecule has 0 bridgehead atoms. The molecule has 262 valence electrons. The first kappa shape index (κ1) is 42.8. The number of allylic oxidation sites excluding steroid dienone is 2. The zero-order valence-corrected chi connectivity index (χ0v) is 36.2. The summed E-state index contributed by atoms with van der Waals surface area (Å²) < 4.78 is 18.5. The van der Waals surface area contributed by atoms with Crippen LogP contribution in [0.1, 0.15) is 145 Å². The van der Waals surface area contributed by atoms with E-state index in [0.29, 0.717) is 12.8 Å². The average molecular weight is 798 g/mol. The van der Waals surface area contributed by atoms with E-state index in [-0.39, 0.29) is 37.0 Å². The third-order valence-electron chi connectivity index (χ3n) is 11.3. The number of carbonyl (C=O) groups excluding carboxylic acids is 2. The summed E-state index contributed by atoms with van der Waals surface area (Å²) in [7, 11) is 0. The van der Waals surface area contributed by atoms with E-state index in [1.165, 1.54) is 114 Å². The fraction of sp³-hybridized carbons (Fsp3) is 0.846. The predicted molar refractivity (Wildman–Crippen MR) is 200 cm³/mol. The van der Waals surface area contributed by atoms with Crippen molar-refractivity contribution in [3.05, 3.63) is 21.2 Å². The van der Waals surface area contributed by atoms with Crippen molar-refractivity contribution in [2.45, 2.75) is 174 Å². The summed E-state index contributed by atoms with van der Waals surface area (Å²) in [4.78, 5) is 28.0. The number of esters is 2. The molecule has 0 amide bonds. The van der Waals surface area contributed by atoms with Crippen molar-refractivity contribution >= 4 is 43.6 Å². The van der Waals surface area contributed by atoms with Crippen LogP contribution in [0, 0.1) is 17.3 Å². The number of carbonyl (C=O) groups is 2. The molecule has 1 aliphatic carbocycles. The second-order valence-electron chi connectivity index (χ2n) is 14.4. The van der Waals surface area contributed by atoms with Crippen LogP contribution < -0.4 is 0 Å². The molecular formula is C39H74GeO4Sn. The first-order valence-corrected chi connectivity index (χ1v) is 32.3. The molecule has 0 radical (unpaired) electrons. The molecule has 2 atom stereocenters. The van der Waals surface area contributed by atoms with Gasteiger partial charge in [0.25, 0.3) is 0 Å². The molecule has 1 rings (SSSR count). The topological polar surface area (TPSA) is 52.6 Å². The van der Waals surface area contributed by atoms with Crippen molar-refractivity contribution in [2.24, 2.45) is 17.3 Å². The number of hydrogen-bond donors (Lipinski definition) is 0. The van der Waals surface area contributed by atoms with E-state index in [1.807, 2.05) is 13.8 Å². The van der Waals surface area contributed by atoms with Gasteiger partial charge in [0.1, 0.15) is 0 Å². The fourth-order valence-electron chi connectivity index (χ4n) is 8.40. The maximum atomic E-state index is 14.0. The molecule has 0 aromatic rings. The molecular weight excluding hydrogens is 724 g/mol. The SMILES string of the molecule is C=[C]([C@H]1CC(C(=O)OCC)(C(=O)OCC)C[C@@H]1[C](=C)[Sn]([CH2]CCC)([CH2]CCC)[CH2]CCC)[Ge]([CH2]CCC)([CH2]CCC)[CH2]CCC. The Kier molecular flexibility index (Phi) is 21.3. The second kappa shape index (κ2) is 22.4. The molecule has 45 heavy (non-hydrogen) atoms. The van der Waals surface area contributed by atoms with Gasteiger partial charge in [-0.05, 0) is 0 Å². The van der Waals surface area contributed by atoms with Crippen LogP contribution in [0.15, 0.2) is 21.2 Å². The molecule has 0 spiro atoms. The molecule has 0 heterocycles. The monoisotopic (exact) mass is 800 g/mol. The first-order valence-electron chi connectivity index (χ1n) is 19.3. The Morgan fingerprint density at radius 1 is 0.622 bits per heavy atom. The Morgan fingerprint density at radius 3 is 1.31 bits per heavy atom. The summed E-state index contributed by atoms with van der Waals surface area (Å²) in [6.07, 6.45) is 15.9. The zero-order valence-electron chi connectivity index (χ0n) is 31.3. The van der Waals surface area contributed by atoms with Crippen LogP contribution in [0.25, 0.3) is 0 Å². The van der Waals surface area contributed by atoms with Gasteiger partial charge in [-0.2, -0.15) is 0 Å². The number of unbranched alkanes of at least 4 members (excludes halogenated alkanes) is 6. The molecule has 0 saturated heterocycles. The molecule has 0 aromatic heterocycles. The van der Waals surface area contributed by atoms with Gasteiger partial charge in [0.2, 0.25) is 0 Å². The van der Waals surface area contributed by atoms with Gasteiger partial charge >= 0.3 is 289 Å². The van der Waals surface area contributed by atoms with Gasteiger partial charge in [-0.25, -0.2) is 0 Å². The minimum atomic E-state index is -2.94.